The zero-order valence-electron chi connectivity index (χ0n) is 11.6. The molecular weight excluding hydrogens is 333 g/mol. The molecule has 2 rings (SSSR count). The zero-order chi connectivity index (χ0) is 16.5. The molecule has 0 saturated carbocycles. The van der Waals surface area contributed by atoms with Gasteiger partial charge in [0.05, 0.1) is 10.0 Å². The average Bonchev–Trinajstić information content (AvgIpc) is 2.39. The molecule has 1 aliphatic heterocycles. The van der Waals surface area contributed by atoms with Crippen LogP contribution in [0.1, 0.15) is 24.2 Å². The molecule has 1 amide bonds. The van der Waals surface area contributed by atoms with Crippen molar-refractivity contribution in [2.45, 2.75) is 19.6 Å². The standard InChI is InChI=1S/C14H11Cl2NO5/c1-14(2)21-12(19)8(13(20)22-14)6-17-11(18)7-3-4-9(15)10(16)5-7/h3-6H,1-2H3,(H,17,18). The molecule has 0 radical (unpaired) electrons. The normalized spacial score (nSPS) is 16.6. The first-order valence-corrected chi connectivity index (χ1v) is 6.88. The molecule has 0 bridgehead atoms. The summed E-state index contributed by atoms with van der Waals surface area (Å²) in [4.78, 5) is 35.3. The molecule has 6 nitrogen and oxygen atoms in total. The van der Waals surface area contributed by atoms with Gasteiger partial charge < -0.3 is 14.8 Å². The van der Waals surface area contributed by atoms with Crippen molar-refractivity contribution in [2.24, 2.45) is 0 Å². The Labute approximate surface area is 136 Å². The van der Waals surface area contributed by atoms with Crippen molar-refractivity contribution in [3.05, 3.63) is 45.6 Å². The van der Waals surface area contributed by atoms with Gasteiger partial charge >= 0.3 is 11.9 Å². The van der Waals surface area contributed by atoms with Gasteiger partial charge in [0.15, 0.2) is 5.57 Å². The predicted molar refractivity (Wildman–Crippen MR) is 78.3 cm³/mol. The number of hydrogen-bond acceptors (Lipinski definition) is 5. The van der Waals surface area contributed by atoms with Crippen molar-refractivity contribution in [1.82, 2.24) is 5.32 Å². The Morgan fingerprint density at radius 3 is 2.27 bits per heavy atom. The number of nitrogens with one attached hydrogen (secondary N) is 1. The van der Waals surface area contributed by atoms with Crippen LogP contribution in [0.3, 0.4) is 0 Å². The Kier molecular flexibility index (Phi) is 4.44. The molecule has 1 saturated heterocycles. The summed E-state index contributed by atoms with van der Waals surface area (Å²) < 4.78 is 9.78. The lowest BCUT2D eigenvalue weighted by molar-refractivity contribution is -0.222. The van der Waals surface area contributed by atoms with E-state index in [1.165, 1.54) is 32.0 Å². The minimum absolute atomic E-state index is 0.209. The number of amides is 1. The highest BCUT2D eigenvalue weighted by Crippen LogP contribution is 2.23. The Balaban J connectivity index is 2.14. The third-order valence-corrected chi connectivity index (χ3v) is 3.39. The first-order chi connectivity index (χ1) is 10.2. The van der Waals surface area contributed by atoms with Crippen LogP contribution in [0.4, 0.5) is 0 Å². The largest absolute Gasteiger partial charge is 0.419 e. The van der Waals surface area contributed by atoms with Gasteiger partial charge in [-0.3, -0.25) is 4.79 Å². The van der Waals surface area contributed by atoms with Gasteiger partial charge in [-0.05, 0) is 18.2 Å². The van der Waals surface area contributed by atoms with Gasteiger partial charge in [-0.15, -0.1) is 0 Å². The average molecular weight is 344 g/mol. The molecular formula is C14H11Cl2NO5. The quantitative estimate of drug-likeness (QED) is 0.506. The Morgan fingerprint density at radius 2 is 1.73 bits per heavy atom. The molecule has 116 valence electrons. The van der Waals surface area contributed by atoms with Crippen molar-refractivity contribution in [1.29, 1.82) is 0 Å². The van der Waals surface area contributed by atoms with Gasteiger partial charge in [-0.1, -0.05) is 23.2 Å². The van der Waals surface area contributed by atoms with E-state index in [0.29, 0.717) is 5.02 Å². The molecule has 0 unspecified atom stereocenters. The molecule has 1 heterocycles. The van der Waals surface area contributed by atoms with Crippen molar-refractivity contribution in [2.75, 3.05) is 0 Å². The lowest BCUT2D eigenvalue weighted by atomic mass is 10.2. The zero-order valence-corrected chi connectivity index (χ0v) is 13.1. The van der Waals surface area contributed by atoms with E-state index in [-0.39, 0.29) is 10.6 Å². The fraction of sp³-hybridized carbons (Fsp3) is 0.214. The lowest BCUT2D eigenvalue weighted by Crippen LogP contribution is -2.42. The number of cyclic esters (lactones) is 2. The maximum atomic E-state index is 11.9. The van der Waals surface area contributed by atoms with E-state index in [1.807, 2.05) is 0 Å². The van der Waals surface area contributed by atoms with E-state index in [1.54, 1.807) is 0 Å². The summed E-state index contributed by atoms with van der Waals surface area (Å²) in [5.41, 5.74) is -0.197. The molecule has 1 aromatic rings. The number of hydrogen-bond donors (Lipinski definition) is 1. The van der Waals surface area contributed by atoms with Crippen LogP contribution in [-0.4, -0.2) is 23.6 Å². The summed E-state index contributed by atoms with van der Waals surface area (Å²) in [5, 5.41) is 2.81. The number of carbonyl (C=O) groups is 3. The van der Waals surface area contributed by atoms with Crippen molar-refractivity contribution in [3.63, 3.8) is 0 Å². The highest BCUT2D eigenvalue weighted by molar-refractivity contribution is 6.42. The SMILES string of the molecule is CC1(C)OC(=O)C(=CNC(=O)c2ccc(Cl)c(Cl)c2)C(=O)O1. The molecule has 0 aromatic heterocycles. The summed E-state index contributed by atoms with van der Waals surface area (Å²) >= 11 is 11.6. The van der Waals surface area contributed by atoms with Crippen LogP contribution in [-0.2, 0) is 19.1 Å². The first-order valence-electron chi connectivity index (χ1n) is 6.12. The highest BCUT2D eigenvalue weighted by atomic mass is 35.5. The lowest BCUT2D eigenvalue weighted by Gasteiger charge is -2.29. The minimum atomic E-state index is -1.33. The van der Waals surface area contributed by atoms with Crippen molar-refractivity contribution < 1.29 is 23.9 Å². The van der Waals surface area contributed by atoms with Crippen LogP contribution in [0.25, 0.3) is 0 Å². The van der Waals surface area contributed by atoms with Crippen LogP contribution >= 0.6 is 23.2 Å². The first kappa shape index (κ1) is 16.3. The van der Waals surface area contributed by atoms with Crippen LogP contribution in [0.5, 0.6) is 0 Å². The molecule has 1 fully saturated rings. The number of esters is 2. The van der Waals surface area contributed by atoms with Gasteiger partial charge in [-0.25, -0.2) is 9.59 Å². The van der Waals surface area contributed by atoms with Crippen molar-refractivity contribution >= 4 is 41.0 Å². The van der Waals surface area contributed by atoms with E-state index in [2.05, 4.69) is 5.32 Å². The Morgan fingerprint density at radius 1 is 1.14 bits per heavy atom. The summed E-state index contributed by atoms with van der Waals surface area (Å²) in [6, 6.07) is 4.26. The van der Waals surface area contributed by atoms with Gasteiger partial charge in [-0.2, -0.15) is 0 Å². The molecule has 0 atom stereocenters. The highest BCUT2D eigenvalue weighted by Gasteiger charge is 2.39. The molecule has 1 aromatic carbocycles. The van der Waals surface area contributed by atoms with E-state index in [4.69, 9.17) is 32.7 Å². The van der Waals surface area contributed by atoms with Gasteiger partial charge in [0.2, 0.25) is 0 Å². The number of carbonyl (C=O) groups excluding carboxylic acids is 3. The van der Waals surface area contributed by atoms with Crippen LogP contribution in [0.15, 0.2) is 30.0 Å². The van der Waals surface area contributed by atoms with Gasteiger partial charge in [0.25, 0.3) is 11.7 Å². The number of rotatable bonds is 2. The second-order valence-electron chi connectivity index (χ2n) is 4.84. The topological polar surface area (TPSA) is 81.7 Å². The van der Waals surface area contributed by atoms with Crippen LogP contribution in [0.2, 0.25) is 10.0 Å². The smallest absolute Gasteiger partial charge is 0.350 e. The second kappa shape index (κ2) is 5.98. The molecule has 1 N–H and O–H groups in total. The fourth-order valence-corrected chi connectivity index (χ4v) is 1.93. The maximum absolute atomic E-state index is 11.9. The molecule has 1 aliphatic rings. The van der Waals surface area contributed by atoms with Crippen LogP contribution in [0, 0.1) is 0 Å². The summed E-state index contributed by atoms with van der Waals surface area (Å²) in [6.45, 7) is 2.85. The Bertz CT molecular complexity index is 674. The third kappa shape index (κ3) is 3.58. The third-order valence-electron chi connectivity index (χ3n) is 2.65. The number of halogens is 2. The Hall–Kier alpha value is -2.05. The fourth-order valence-electron chi connectivity index (χ4n) is 1.64. The minimum Gasteiger partial charge on any atom is -0.419 e. The molecule has 0 aliphatic carbocycles. The van der Waals surface area contributed by atoms with E-state index in [9.17, 15) is 14.4 Å². The van der Waals surface area contributed by atoms with Crippen LogP contribution < -0.4 is 5.32 Å². The summed E-state index contributed by atoms with van der Waals surface area (Å²) in [6.07, 6.45) is 0.935. The monoisotopic (exact) mass is 343 g/mol. The summed E-state index contributed by atoms with van der Waals surface area (Å²) in [7, 11) is 0. The summed E-state index contributed by atoms with van der Waals surface area (Å²) in [5.74, 6) is -3.66. The number of ether oxygens (including phenoxy) is 2. The molecule has 0 spiro atoms. The number of benzene rings is 1. The van der Waals surface area contributed by atoms with E-state index >= 15 is 0 Å². The predicted octanol–water partition coefficient (Wildman–Crippen LogP) is 2.44. The molecule has 8 heteroatoms. The van der Waals surface area contributed by atoms with Gasteiger partial charge in [0, 0.05) is 25.6 Å². The molecule has 22 heavy (non-hydrogen) atoms. The van der Waals surface area contributed by atoms with Crippen molar-refractivity contribution in [3.8, 4) is 0 Å². The maximum Gasteiger partial charge on any atom is 0.350 e. The van der Waals surface area contributed by atoms with E-state index in [0.717, 1.165) is 6.20 Å². The van der Waals surface area contributed by atoms with E-state index < -0.39 is 29.2 Å². The second-order valence-corrected chi connectivity index (χ2v) is 5.65. The van der Waals surface area contributed by atoms with Gasteiger partial charge in [0.1, 0.15) is 0 Å².